The van der Waals surface area contributed by atoms with E-state index in [1.165, 1.54) is 30.0 Å². The highest BCUT2D eigenvalue weighted by atomic mass is 19.1. The lowest BCUT2D eigenvalue weighted by Gasteiger charge is -2.22. The highest BCUT2D eigenvalue weighted by Crippen LogP contribution is 2.11. The Morgan fingerprint density at radius 3 is 2.54 bits per heavy atom. The third kappa shape index (κ3) is 6.76. The van der Waals surface area contributed by atoms with Crippen LogP contribution in [0.15, 0.2) is 24.3 Å². The van der Waals surface area contributed by atoms with Crippen molar-refractivity contribution >= 4 is 17.8 Å². The highest BCUT2D eigenvalue weighted by molar-refractivity contribution is 5.94. The van der Waals surface area contributed by atoms with E-state index in [0.29, 0.717) is 19.5 Å². The molecule has 0 aromatic heterocycles. The van der Waals surface area contributed by atoms with Crippen LogP contribution in [-0.2, 0) is 14.3 Å². The first kappa shape index (κ1) is 19.6. The average Bonchev–Trinajstić information content (AvgIpc) is 2.54. The number of nitrogens with one attached hydrogen (secondary N) is 1. The van der Waals surface area contributed by atoms with E-state index in [4.69, 9.17) is 4.74 Å². The van der Waals surface area contributed by atoms with Gasteiger partial charge in [-0.2, -0.15) is 0 Å². The predicted octanol–water partition coefficient (Wildman–Crippen LogP) is 1.75. The molecule has 0 saturated heterocycles. The van der Waals surface area contributed by atoms with Crippen molar-refractivity contribution in [2.75, 3.05) is 26.2 Å². The molecule has 1 aromatic rings. The lowest BCUT2D eigenvalue weighted by molar-refractivity contribution is -0.143. The molecule has 1 aromatic carbocycles. The first-order valence-electron chi connectivity index (χ1n) is 7.89. The molecule has 0 aliphatic carbocycles. The molecule has 0 aliphatic rings. The SMILES string of the molecule is CCOC(=O)CCN(CCCNC(C)=O)C(=O)c1ccccc1F. The Hall–Kier alpha value is -2.44. The van der Waals surface area contributed by atoms with Gasteiger partial charge in [-0.15, -0.1) is 0 Å². The summed E-state index contributed by atoms with van der Waals surface area (Å²) in [7, 11) is 0. The molecule has 2 amide bonds. The Morgan fingerprint density at radius 1 is 1.21 bits per heavy atom. The summed E-state index contributed by atoms with van der Waals surface area (Å²) in [4.78, 5) is 36.3. The van der Waals surface area contributed by atoms with E-state index in [1.54, 1.807) is 13.0 Å². The van der Waals surface area contributed by atoms with E-state index >= 15 is 0 Å². The number of halogens is 1. The number of carbonyl (C=O) groups is 3. The first-order chi connectivity index (χ1) is 11.5. The number of hydrogen-bond donors (Lipinski definition) is 1. The summed E-state index contributed by atoms with van der Waals surface area (Å²) < 4.78 is 18.7. The lowest BCUT2D eigenvalue weighted by Crippen LogP contribution is -2.36. The van der Waals surface area contributed by atoms with Gasteiger partial charge in [0.2, 0.25) is 5.91 Å². The zero-order valence-corrected chi connectivity index (χ0v) is 14.0. The Morgan fingerprint density at radius 2 is 1.92 bits per heavy atom. The number of benzene rings is 1. The molecule has 0 heterocycles. The van der Waals surface area contributed by atoms with E-state index in [-0.39, 0.29) is 31.0 Å². The van der Waals surface area contributed by atoms with Crippen molar-refractivity contribution in [3.05, 3.63) is 35.6 Å². The van der Waals surface area contributed by atoms with Gasteiger partial charge in [0, 0.05) is 26.6 Å². The molecule has 0 spiro atoms. The van der Waals surface area contributed by atoms with Crippen molar-refractivity contribution in [1.29, 1.82) is 0 Å². The third-order valence-corrected chi connectivity index (χ3v) is 3.26. The van der Waals surface area contributed by atoms with Crippen molar-refractivity contribution in [2.24, 2.45) is 0 Å². The van der Waals surface area contributed by atoms with Crippen molar-refractivity contribution in [3.8, 4) is 0 Å². The number of nitrogens with zero attached hydrogens (tertiary/aromatic N) is 1. The van der Waals surface area contributed by atoms with Crippen LogP contribution in [0.3, 0.4) is 0 Å². The van der Waals surface area contributed by atoms with Gasteiger partial charge >= 0.3 is 5.97 Å². The van der Waals surface area contributed by atoms with Gasteiger partial charge in [0.25, 0.3) is 5.91 Å². The van der Waals surface area contributed by atoms with Crippen LogP contribution < -0.4 is 5.32 Å². The largest absolute Gasteiger partial charge is 0.466 e. The van der Waals surface area contributed by atoms with E-state index in [1.807, 2.05) is 0 Å². The summed E-state index contributed by atoms with van der Waals surface area (Å²) in [6.45, 7) is 4.20. The van der Waals surface area contributed by atoms with Gasteiger partial charge in [-0.3, -0.25) is 14.4 Å². The summed E-state index contributed by atoms with van der Waals surface area (Å²) >= 11 is 0. The predicted molar refractivity (Wildman–Crippen MR) is 86.9 cm³/mol. The van der Waals surface area contributed by atoms with Gasteiger partial charge in [0.15, 0.2) is 0 Å². The van der Waals surface area contributed by atoms with Crippen LogP contribution in [-0.4, -0.2) is 48.9 Å². The number of ether oxygens (including phenoxy) is 1. The van der Waals surface area contributed by atoms with Gasteiger partial charge in [0.1, 0.15) is 5.82 Å². The Kier molecular flexibility index (Phi) is 8.46. The fraction of sp³-hybridized carbons (Fsp3) is 0.471. The molecule has 0 atom stereocenters. The maximum atomic E-state index is 13.8. The Labute approximate surface area is 141 Å². The van der Waals surface area contributed by atoms with Crippen LogP contribution in [0.25, 0.3) is 0 Å². The molecule has 24 heavy (non-hydrogen) atoms. The normalized spacial score (nSPS) is 10.1. The van der Waals surface area contributed by atoms with Crippen LogP contribution in [0.2, 0.25) is 0 Å². The summed E-state index contributed by atoms with van der Waals surface area (Å²) in [6, 6.07) is 5.71. The van der Waals surface area contributed by atoms with E-state index in [9.17, 15) is 18.8 Å². The zero-order chi connectivity index (χ0) is 17.9. The summed E-state index contributed by atoms with van der Waals surface area (Å²) in [5, 5.41) is 2.63. The fourth-order valence-corrected chi connectivity index (χ4v) is 2.11. The van der Waals surface area contributed by atoms with Crippen LogP contribution in [0.4, 0.5) is 4.39 Å². The third-order valence-electron chi connectivity index (χ3n) is 3.26. The number of carbonyl (C=O) groups excluding carboxylic acids is 3. The zero-order valence-electron chi connectivity index (χ0n) is 14.0. The maximum Gasteiger partial charge on any atom is 0.307 e. The monoisotopic (exact) mass is 338 g/mol. The van der Waals surface area contributed by atoms with Crippen LogP contribution in [0.5, 0.6) is 0 Å². The topological polar surface area (TPSA) is 75.7 Å². The summed E-state index contributed by atoms with van der Waals surface area (Å²) in [6.07, 6.45) is 0.538. The molecule has 6 nitrogen and oxygen atoms in total. The smallest absolute Gasteiger partial charge is 0.307 e. The van der Waals surface area contributed by atoms with E-state index < -0.39 is 17.7 Å². The van der Waals surface area contributed by atoms with Gasteiger partial charge in [-0.05, 0) is 25.5 Å². The van der Waals surface area contributed by atoms with E-state index in [0.717, 1.165) is 0 Å². The number of amides is 2. The summed E-state index contributed by atoms with van der Waals surface area (Å²) in [5.41, 5.74) is -0.0408. The first-order valence-corrected chi connectivity index (χ1v) is 7.89. The second-order valence-electron chi connectivity index (χ2n) is 5.16. The molecule has 7 heteroatoms. The minimum Gasteiger partial charge on any atom is -0.466 e. The molecule has 1 rings (SSSR count). The van der Waals surface area contributed by atoms with Gasteiger partial charge in [-0.25, -0.2) is 4.39 Å². The molecule has 0 radical (unpaired) electrons. The number of hydrogen-bond acceptors (Lipinski definition) is 4. The van der Waals surface area contributed by atoms with Gasteiger partial charge < -0.3 is 15.0 Å². The van der Waals surface area contributed by atoms with Crippen LogP contribution in [0.1, 0.15) is 37.0 Å². The molecule has 0 unspecified atom stereocenters. The van der Waals surface area contributed by atoms with Crippen molar-refractivity contribution in [1.82, 2.24) is 10.2 Å². The molecule has 132 valence electrons. The van der Waals surface area contributed by atoms with Crippen molar-refractivity contribution in [3.63, 3.8) is 0 Å². The summed E-state index contributed by atoms with van der Waals surface area (Å²) in [5.74, 6) is -1.66. The molecule has 0 saturated carbocycles. The highest BCUT2D eigenvalue weighted by Gasteiger charge is 2.19. The molecule has 0 fully saturated rings. The van der Waals surface area contributed by atoms with Crippen molar-refractivity contribution < 1.29 is 23.5 Å². The quantitative estimate of drug-likeness (QED) is 0.550. The van der Waals surface area contributed by atoms with Crippen LogP contribution in [0, 0.1) is 5.82 Å². The average molecular weight is 338 g/mol. The fourth-order valence-electron chi connectivity index (χ4n) is 2.11. The minimum atomic E-state index is -0.606. The van der Waals surface area contributed by atoms with Crippen molar-refractivity contribution in [2.45, 2.75) is 26.7 Å². The molecule has 1 N–H and O–H groups in total. The van der Waals surface area contributed by atoms with Gasteiger partial charge in [0.05, 0.1) is 18.6 Å². The molecule has 0 aliphatic heterocycles. The lowest BCUT2D eigenvalue weighted by atomic mass is 10.1. The van der Waals surface area contributed by atoms with Gasteiger partial charge in [-0.1, -0.05) is 12.1 Å². The standard InChI is InChI=1S/C17H23FN2O4/c1-3-24-16(22)9-12-20(11-6-10-19-13(2)21)17(23)14-7-4-5-8-15(14)18/h4-5,7-8H,3,6,9-12H2,1-2H3,(H,19,21). The number of esters is 1. The molecule has 0 bridgehead atoms. The second-order valence-corrected chi connectivity index (χ2v) is 5.16. The van der Waals surface area contributed by atoms with Crippen LogP contribution >= 0.6 is 0 Å². The minimum absolute atomic E-state index is 0.0359. The molecular weight excluding hydrogens is 315 g/mol. The Bertz CT molecular complexity index is 577. The maximum absolute atomic E-state index is 13.8. The Balaban J connectivity index is 2.71. The molecular formula is C17H23FN2O4. The number of rotatable bonds is 9. The van der Waals surface area contributed by atoms with E-state index in [2.05, 4.69) is 5.32 Å². The second kappa shape index (κ2) is 10.4.